The van der Waals surface area contributed by atoms with Crippen LogP contribution in [-0.4, -0.2) is 56.4 Å². The summed E-state index contributed by atoms with van der Waals surface area (Å²) < 4.78 is 0. The highest BCUT2D eigenvalue weighted by Gasteiger charge is 2.51. The number of allylic oxidation sites excluding steroid dienone is 1. The predicted molar refractivity (Wildman–Crippen MR) is 100 cm³/mol. The SMILES string of the molecule is N[C@@H]1C(=O)N2C(C(=O)O)=C(C=C3CCN(Cc4ccccc4)C3=O)CS[C@H]12. The maximum absolute atomic E-state index is 12.7. The Morgan fingerprint density at radius 1 is 1.30 bits per heavy atom. The van der Waals surface area contributed by atoms with Gasteiger partial charge in [0.2, 0.25) is 11.8 Å². The molecule has 0 aliphatic carbocycles. The van der Waals surface area contributed by atoms with E-state index in [1.165, 1.54) is 16.7 Å². The molecule has 2 atom stereocenters. The monoisotopic (exact) mass is 385 g/mol. The summed E-state index contributed by atoms with van der Waals surface area (Å²) in [5.41, 5.74) is 7.83. The molecule has 0 saturated carbocycles. The third-order valence-corrected chi connectivity index (χ3v) is 6.34. The number of carboxylic acid groups (broad SMARTS) is 1. The van der Waals surface area contributed by atoms with E-state index in [0.717, 1.165) is 5.56 Å². The molecule has 1 aromatic carbocycles. The van der Waals surface area contributed by atoms with Crippen LogP contribution in [0.4, 0.5) is 0 Å². The average molecular weight is 385 g/mol. The maximum Gasteiger partial charge on any atom is 0.352 e. The second kappa shape index (κ2) is 6.86. The third kappa shape index (κ3) is 3.04. The number of carbonyl (C=O) groups is 3. The number of aliphatic carboxylic acids is 1. The van der Waals surface area contributed by atoms with E-state index in [-0.39, 0.29) is 22.9 Å². The molecule has 2 amide bonds. The van der Waals surface area contributed by atoms with E-state index < -0.39 is 12.0 Å². The Bertz CT molecular complexity index is 880. The summed E-state index contributed by atoms with van der Waals surface area (Å²) in [5.74, 6) is -1.23. The number of amides is 2. The number of likely N-dealkylation sites (tertiary alicyclic amines) is 1. The first-order valence-corrected chi connectivity index (χ1v) is 9.72. The highest BCUT2D eigenvalue weighted by molar-refractivity contribution is 8.00. The quantitative estimate of drug-likeness (QED) is 0.590. The van der Waals surface area contributed by atoms with E-state index in [1.807, 2.05) is 30.3 Å². The molecule has 3 heterocycles. The Hall–Kier alpha value is -2.58. The minimum atomic E-state index is -1.17. The largest absolute Gasteiger partial charge is 0.477 e. The Morgan fingerprint density at radius 2 is 2.04 bits per heavy atom. The van der Waals surface area contributed by atoms with Crippen molar-refractivity contribution in [2.75, 3.05) is 12.3 Å². The van der Waals surface area contributed by atoms with Crippen molar-refractivity contribution in [2.45, 2.75) is 24.4 Å². The predicted octanol–water partition coefficient (Wildman–Crippen LogP) is 0.926. The summed E-state index contributed by atoms with van der Waals surface area (Å²) in [4.78, 5) is 39.5. The van der Waals surface area contributed by atoms with Crippen LogP contribution in [0.3, 0.4) is 0 Å². The van der Waals surface area contributed by atoms with Crippen LogP contribution in [0.5, 0.6) is 0 Å². The number of thioether (sulfide) groups is 1. The van der Waals surface area contributed by atoms with Crippen LogP contribution in [0.2, 0.25) is 0 Å². The number of fused-ring (bicyclic) bond motifs is 1. The van der Waals surface area contributed by atoms with Crippen molar-refractivity contribution in [3.8, 4) is 0 Å². The highest BCUT2D eigenvalue weighted by Crippen LogP contribution is 2.40. The second-order valence-electron chi connectivity index (χ2n) is 6.75. The smallest absolute Gasteiger partial charge is 0.352 e. The normalized spacial score (nSPS) is 26.5. The van der Waals surface area contributed by atoms with Gasteiger partial charge in [-0.05, 0) is 23.6 Å². The first kappa shape index (κ1) is 17.8. The van der Waals surface area contributed by atoms with E-state index in [0.29, 0.717) is 36.4 Å². The number of carbonyl (C=O) groups excluding carboxylic acids is 2. The van der Waals surface area contributed by atoms with Gasteiger partial charge < -0.3 is 15.7 Å². The molecule has 3 aliphatic heterocycles. The summed E-state index contributed by atoms with van der Waals surface area (Å²) >= 11 is 1.43. The van der Waals surface area contributed by atoms with Crippen molar-refractivity contribution in [3.05, 3.63) is 58.8 Å². The van der Waals surface area contributed by atoms with Gasteiger partial charge in [0.25, 0.3) is 0 Å². The molecule has 0 bridgehead atoms. The summed E-state index contributed by atoms with van der Waals surface area (Å²) in [6, 6.07) is 9.07. The number of benzene rings is 1. The maximum atomic E-state index is 12.7. The Balaban J connectivity index is 1.58. The van der Waals surface area contributed by atoms with Crippen LogP contribution in [0, 0.1) is 0 Å². The molecule has 7 nitrogen and oxygen atoms in total. The van der Waals surface area contributed by atoms with Gasteiger partial charge in [0.15, 0.2) is 0 Å². The van der Waals surface area contributed by atoms with Gasteiger partial charge in [-0.1, -0.05) is 30.3 Å². The fourth-order valence-electron chi connectivity index (χ4n) is 3.62. The van der Waals surface area contributed by atoms with Crippen molar-refractivity contribution >= 4 is 29.5 Å². The molecular weight excluding hydrogens is 366 g/mol. The van der Waals surface area contributed by atoms with Crippen molar-refractivity contribution < 1.29 is 19.5 Å². The number of hydrogen-bond donors (Lipinski definition) is 2. The van der Waals surface area contributed by atoms with Crippen LogP contribution >= 0.6 is 11.8 Å². The Kier molecular flexibility index (Phi) is 4.53. The number of nitrogens with two attached hydrogens (primary N) is 1. The van der Waals surface area contributed by atoms with E-state index in [1.54, 1.807) is 11.0 Å². The molecule has 0 aromatic heterocycles. The summed E-state index contributed by atoms with van der Waals surface area (Å²) in [6.45, 7) is 1.12. The molecule has 0 unspecified atom stereocenters. The van der Waals surface area contributed by atoms with Gasteiger partial charge in [-0.2, -0.15) is 0 Å². The molecule has 0 radical (unpaired) electrons. The third-order valence-electron chi connectivity index (χ3n) is 5.02. The lowest BCUT2D eigenvalue weighted by Gasteiger charge is -2.47. The molecule has 2 fully saturated rings. The fourth-order valence-corrected chi connectivity index (χ4v) is 4.87. The zero-order chi connectivity index (χ0) is 19.1. The average Bonchev–Trinajstić information content (AvgIpc) is 3.01. The van der Waals surface area contributed by atoms with Gasteiger partial charge in [0, 0.05) is 24.4 Å². The highest BCUT2D eigenvalue weighted by atomic mass is 32.2. The van der Waals surface area contributed by atoms with Crippen LogP contribution in [0.1, 0.15) is 12.0 Å². The van der Waals surface area contributed by atoms with Crippen LogP contribution in [0.15, 0.2) is 53.3 Å². The molecule has 3 aliphatic rings. The van der Waals surface area contributed by atoms with Gasteiger partial charge in [-0.15, -0.1) is 11.8 Å². The topological polar surface area (TPSA) is 104 Å². The number of β-lactam (4-membered cyclic amide) rings is 1. The van der Waals surface area contributed by atoms with Crippen molar-refractivity contribution in [1.82, 2.24) is 9.80 Å². The number of carboxylic acids is 1. The molecular formula is C19H19N3O4S. The zero-order valence-electron chi connectivity index (χ0n) is 14.5. The minimum Gasteiger partial charge on any atom is -0.477 e. The van der Waals surface area contributed by atoms with Gasteiger partial charge in [0.1, 0.15) is 17.1 Å². The fraction of sp³-hybridized carbons (Fsp3) is 0.316. The van der Waals surface area contributed by atoms with E-state index in [9.17, 15) is 19.5 Å². The standard InChI is InChI=1S/C19H19N3O4S/c20-14-17(24)22-15(19(25)26)13(10-27-18(14)22)8-12-6-7-21(16(12)23)9-11-4-2-1-3-5-11/h1-5,8,14,18H,6-7,9-10,20H2,(H,25,26)/t14-,18-/m1/s1. The number of rotatable bonds is 4. The second-order valence-corrected chi connectivity index (χ2v) is 7.85. The molecule has 140 valence electrons. The zero-order valence-corrected chi connectivity index (χ0v) is 15.3. The number of nitrogens with zero attached hydrogens (tertiary/aromatic N) is 2. The van der Waals surface area contributed by atoms with Crippen LogP contribution in [0.25, 0.3) is 0 Å². The Labute approximate surface area is 160 Å². The molecule has 0 spiro atoms. The van der Waals surface area contributed by atoms with Crippen LogP contribution in [-0.2, 0) is 20.9 Å². The lowest BCUT2D eigenvalue weighted by Crippen LogP contribution is -2.68. The summed E-state index contributed by atoms with van der Waals surface area (Å²) in [5, 5.41) is 9.26. The first-order chi connectivity index (χ1) is 13.0. The molecule has 2 saturated heterocycles. The van der Waals surface area contributed by atoms with E-state index >= 15 is 0 Å². The van der Waals surface area contributed by atoms with Crippen molar-refractivity contribution in [3.63, 3.8) is 0 Å². The molecule has 27 heavy (non-hydrogen) atoms. The van der Waals surface area contributed by atoms with Gasteiger partial charge in [0.05, 0.1) is 0 Å². The molecule has 4 rings (SSSR count). The molecule has 1 aromatic rings. The summed E-state index contributed by atoms with van der Waals surface area (Å²) in [6.07, 6.45) is 2.21. The van der Waals surface area contributed by atoms with Crippen LogP contribution < -0.4 is 5.73 Å². The number of hydrogen-bond acceptors (Lipinski definition) is 5. The van der Waals surface area contributed by atoms with Crippen molar-refractivity contribution in [1.29, 1.82) is 0 Å². The van der Waals surface area contributed by atoms with Gasteiger partial charge >= 0.3 is 5.97 Å². The lowest BCUT2D eigenvalue weighted by molar-refractivity contribution is -0.147. The summed E-state index contributed by atoms with van der Waals surface area (Å²) in [7, 11) is 0. The van der Waals surface area contributed by atoms with Gasteiger partial charge in [-0.25, -0.2) is 4.79 Å². The minimum absolute atomic E-state index is 0.0488. The first-order valence-electron chi connectivity index (χ1n) is 8.68. The van der Waals surface area contributed by atoms with E-state index in [4.69, 9.17) is 5.73 Å². The molecule has 3 N–H and O–H groups in total. The molecule has 8 heteroatoms. The van der Waals surface area contributed by atoms with Gasteiger partial charge in [-0.3, -0.25) is 14.5 Å². The Morgan fingerprint density at radius 3 is 2.74 bits per heavy atom. The van der Waals surface area contributed by atoms with E-state index in [2.05, 4.69) is 0 Å². The lowest BCUT2D eigenvalue weighted by atomic mass is 10.0. The van der Waals surface area contributed by atoms with Crippen molar-refractivity contribution in [2.24, 2.45) is 5.73 Å².